The van der Waals surface area contributed by atoms with Gasteiger partial charge in [0.15, 0.2) is 0 Å². The van der Waals surface area contributed by atoms with Crippen molar-refractivity contribution in [2.24, 2.45) is 5.73 Å². The first-order valence-electron chi connectivity index (χ1n) is 13.1. The molecule has 0 bridgehead atoms. The maximum Gasteiger partial charge on any atom is 0.217 e. The number of hydrogen-bond acceptors (Lipinski definition) is 6. The lowest BCUT2D eigenvalue weighted by Crippen LogP contribution is -2.32. The summed E-state index contributed by atoms with van der Waals surface area (Å²) in [6.45, 7) is 6.87. The fraction of sp³-hybridized carbons (Fsp3) is 0.379. The molecule has 0 aliphatic carbocycles. The minimum absolute atomic E-state index is 0.226. The lowest BCUT2D eigenvalue weighted by Gasteiger charge is -2.26. The largest absolute Gasteiger partial charge is 0.370 e. The summed E-state index contributed by atoms with van der Waals surface area (Å²) in [6, 6.07) is 17.1. The van der Waals surface area contributed by atoms with E-state index >= 15 is 0 Å². The standard InChI is InChI=1S/C29H37N7O/c1-22(2)31-15-17-36(24-10-6-5-7-11-24)25-13-14-26-27(18-25)34-28(20-32-26)23-19-33-35(21-23)16-9-4-3-8-12-29(30)37/h5-7,10-11,13-14,18-22,31H,3-4,8-9,12,15-17H2,1-2H3,(H2,30,37). The minimum Gasteiger partial charge on any atom is -0.370 e. The summed E-state index contributed by atoms with van der Waals surface area (Å²) >= 11 is 0. The normalized spacial score (nSPS) is 11.3. The number of aromatic nitrogens is 4. The highest BCUT2D eigenvalue weighted by Gasteiger charge is 2.12. The van der Waals surface area contributed by atoms with Gasteiger partial charge in [0, 0.05) is 55.2 Å². The van der Waals surface area contributed by atoms with E-state index in [9.17, 15) is 4.79 Å². The number of aryl methyl sites for hydroxylation is 1. The van der Waals surface area contributed by atoms with Gasteiger partial charge in [0.2, 0.25) is 5.91 Å². The molecule has 37 heavy (non-hydrogen) atoms. The van der Waals surface area contributed by atoms with E-state index in [1.807, 2.05) is 35.4 Å². The average Bonchev–Trinajstić information content (AvgIpc) is 3.37. The number of fused-ring (bicyclic) bond motifs is 1. The van der Waals surface area contributed by atoms with Crippen LogP contribution >= 0.6 is 0 Å². The number of amides is 1. The summed E-state index contributed by atoms with van der Waals surface area (Å²) in [5.41, 5.74) is 10.9. The maximum absolute atomic E-state index is 10.8. The molecule has 0 radical (unpaired) electrons. The van der Waals surface area contributed by atoms with Crippen LogP contribution in [0.4, 0.5) is 11.4 Å². The molecule has 0 aliphatic rings. The van der Waals surface area contributed by atoms with E-state index in [1.165, 1.54) is 0 Å². The molecule has 8 nitrogen and oxygen atoms in total. The molecule has 2 heterocycles. The lowest BCUT2D eigenvalue weighted by molar-refractivity contribution is -0.118. The van der Waals surface area contributed by atoms with E-state index in [1.54, 1.807) is 0 Å². The fourth-order valence-corrected chi connectivity index (χ4v) is 4.33. The molecule has 194 valence electrons. The molecule has 4 aromatic rings. The molecule has 8 heteroatoms. The van der Waals surface area contributed by atoms with Crippen molar-refractivity contribution in [2.75, 3.05) is 18.0 Å². The number of nitrogens with zero attached hydrogens (tertiary/aromatic N) is 5. The zero-order chi connectivity index (χ0) is 26.0. The van der Waals surface area contributed by atoms with Gasteiger partial charge in [0.1, 0.15) is 0 Å². The Balaban J connectivity index is 1.48. The van der Waals surface area contributed by atoms with Crippen molar-refractivity contribution in [2.45, 2.75) is 58.5 Å². The van der Waals surface area contributed by atoms with E-state index in [0.29, 0.717) is 12.5 Å². The average molecular weight is 500 g/mol. The second-order valence-corrected chi connectivity index (χ2v) is 9.65. The third-order valence-electron chi connectivity index (χ3n) is 6.28. The Morgan fingerprint density at radius 1 is 1.00 bits per heavy atom. The van der Waals surface area contributed by atoms with Crippen molar-refractivity contribution in [3.63, 3.8) is 0 Å². The Morgan fingerprint density at radius 3 is 2.59 bits per heavy atom. The van der Waals surface area contributed by atoms with Gasteiger partial charge in [-0.25, -0.2) is 4.98 Å². The predicted octanol–water partition coefficient (Wildman–Crippen LogP) is 5.07. The van der Waals surface area contributed by atoms with Gasteiger partial charge < -0.3 is 16.0 Å². The Labute approximate surface area is 218 Å². The number of carbonyl (C=O) groups excluding carboxylic acids is 1. The number of nitrogens with one attached hydrogen (secondary N) is 1. The van der Waals surface area contributed by atoms with Gasteiger partial charge in [-0.3, -0.25) is 14.5 Å². The van der Waals surface area contributed by atoms with Crippen LogP contribution in [-0.4, -0.2) is 44.8 Å². The summed E-state index contributed by atoms with van der Waals surface area (Å²) in [5, 5.41) is 8.03. The van der Waals surface area contributed by atoms with Crippen LogP contribution in [0.5, 0.6) is 0 Å². The Hall–Kier alpha value is -3.78. The van der Waals surface area contributed by atoms with Crippen LogP contribution in [-0.2, 0) is 11.3 Å². The van der Waals surface area contributed by atoms with Gasteiger partial charge in [-0.05, 0) is 43.2 Å². The maximum atomic E-state index is 10.8. The first-order chi connectivity index (χ1) is 18.0. The molecule has 4 rings (SSSR count). The number of unbranched alkanes of at least 4 members (excludes halogenated alkanes) is 3. The Morgan fingerprint density at radius 2 is 1.81 bits per heavy atom. The molecule has 2 aromatic carbocycles. The molecule has 2 aromatic heterocycles. The van der Waals surface area contributed by atoms with Crippen LogP contribution in [0.1, 0.15) is 46.0 Å². The van der Waals surface area contributed by atoms with Crippen LogP contribution in [0.2, 0.25) is 0 Å². The van der Waals surface area contributed by atoms with Gasteiger partial charge >= 0.3 is 0 Å². The van der Waals surface area contributed by atoms with Crippen LogP contribution in [0.3, 0.4) is 0 Å². The Bertz CT molecular complexity index is 1290. The van der Waals surface area contributed by atoms with E-state index in [4.69, 9.17) is 10.7 Å². The smallest absolute Gasteiger partial charge is 0.217 e. The third kappa shape index (κ3) is 7.60. The van der Waals surface area contributed by atoms with Crippen LogP contribution < -0.4 is 16.0 Å². The highest BCUT2D eigenvalue weighted by atomic mass is 16.1. The van der Waals surface area contributed by atoms with Gasteiger partial charge in [-0.1, -0.05) is 44.9 Å². The molecule has 0 fully saturated rings. The van der Waals surface area contributed by atoms with E-state index in [0.717, 1.165) is 79.0 Å². The fourth-order valence-electron chi connectivity index (χ4n) is 4.33. The number of primary amides is 1. The molecule has 0 saturated heterocycles. The zero-order valence-corrected chi connectivity index (χ0v) is 21.8. The minimum atomic E-state index is -0.226. The van der Waals surface area contributed by atoms with Crippen molar-refractivity contribution >= 4 is 28.3 Å². The summed E-state index contributed by atoms with van der Waals surface area (Å²) in [7, 11) is 0. The van der Waals surface area contributed by atoms with Crippen molar-refractivity contribution < 1.29 is 4.79 Å². The molecular weight excluding hydrogens is 462 g/mol. The van der Waals surface area contributed by atoms with Crippen LogP contribution in [0, 0.1) is 0 Å². The van der Waals surface area contributed by atoms with E-state index in [2.05, 4.69) is 70.5 Å². The summed E-state index contributed by atoms with van der Waals surface area (Å²) in [4.78, 5) is 22.8. The molecule has 0 atom stereocenters. The highest BCUT2D eigenvalue weighted by Crippen LogP contribution is 2.28. The van der Waals surface area contributed by atoms with Gasteiger partial charge in [-0.2, -0.15) is 5.10 Å². The van der Waals surface area contributed by atoms with Crippen molar-refractivity contribution in [3.05, 3.63) is 67.1 Å². The number of benzene rings is 2. The van der Waals surface area contributed by atoms with Crippen molar-refractivity contribution in [3.8, 4) is 11.3 Å². The molecule has 1 amide bonds. The monoisotopic (exact) mass is 499 g/mol. The molecule has 3 N–H and O–H groups in total. The molecule has 0 saturated carbocycles. The number of anilines is 2. The number of para-hydroxylation sites is 1. The summed E-state index contributed by atoms with van der Waals surface area (Å²) in [5.74, 6) is -0.226. The second kappa shape index (κ2) is 13.0. The molecule has 0 aliphatic heterocycles. The number of rotatable bonds is 14. The topological polar surface area (TPSA) is 102 Å². The number of nitrogens with two attached hydrogens (primary N) is 1. The third-order valence-corrected chi connectivity index (χ3v) is 6.28. The summed E-state index contributed by atoms with van der Waals surface area (Å²) in [6.07, 6.45) is 10.1. The number of hydrogen-bond donors (Lipinski definition) is 2. The lowest BCUT2D eigenvalue weighted by atomic mass is 10.1. The van der Waals surface area contributed by atoms with Gasteiger partial charge in [-0.15, -0.1) is 0 Å². The van der Waals surface area contributed by atoms with Crippen molar-refractivity contribution in [1.82, 2.24) is 25.1 Å². The van der Waals surface area contributed by atoms with Gasteiger partial charge in [0.05, 0.1) is 29.1 Å². The van der Waals surface area contributed by atoms with E-state index in [-0.39, 0.29) is 5.91 Å². The summed E-state index contributed by atoms with van der Waals surface area (Å²) < 4.78 is 1.95. The SMILES string of the molecule is CC(C)NCCN(c1ccccc1)c1ccc2ncc(-c3cnn(CCCCCCC(N)=O)c3)nc2c1. The van der Waals surface area contributed by atoms with Crippen LogP contribution in [0.25, 0.3) is 22.3 Å². The first kappa shape index (κ1) is 26.3. The quantitative estimate of drug-likeness (QED) is 0.235. The second-order valence-electron chi connectivity index (χ2n) is 9.65. The Kier molecular flexibility index (Phi) is 9.21. The van der Waals surface area contributed by atoms with Crippen LogP contribution in [0.15, 0.2) is 67.1 Å². The molecule has 0 spiro atoms. The van der Waals surface area contributed by atoms with E-state index < -0.39 is 0 Å². The molecular formula is C29H37N7O. The molecule has 0 unspecified atom stereocenters. The highest BCUT2D eigenvalue weighted by molar-refractivity contribution is 5.82. The van der Waals surface area contributed by atoms with Gasteiger partial charge in [0.25, 0.3) is 0 Å². The zero-order valence-electron chi connectivity index (χ0n) is 21.8. The van der Waals surface area contributed by atoms with Crippen molar-refractivity contribution in [1.29, 1.82) is 0 Å². The first-order valence-corrected chi connectivity index (χ1v) is 13.1. The predicted molar refractivity (Wildman–Crippen MR) is 150 cm³/mol. The number of carbonyl (C=O) groups is 1.